The summed E-state index contributed by atoms with van der Waals surface area (Å²) in [5.74, 6) is 0.961. The Labute approximate surface area is 145 Å². The van der Waals surface area contributed by atoms with Crippen molar-refractivity contribution >= 4 is 5.91 Å². The molecular weight excluding hydrogens is 298 g/mol. The van der Waals surface area contributed by atoms with Gasteiger partial charge in [-0.25, -0.2) is 0 Å². The molecule has 24 heavy (non-hydrogen) atoms. The molecule has 0 saturated carbocycles. The molecule has 0 aliphatic heterocycles. The average Bonchev–Trinajstić information content (AvgIpc) is 2.60. The lowest BCUT2D eigenvalue weighted by Gasteiger charge is -2.15. The molecule has 0 bridgehead atoms. The van der Waals surface area contributed by atoms with Gasteiger partial charge in [-0.2, -0.15) is 0 Å². The second kappa shape index (κ2) is 8.53. The van der Waals surface area contributed by atoms with Crippen LogP contribution in [0.1, 0.15) is 48.6 Å². The van der Waals surface area contributed by atoms with E-state index in [2.05, 4.69) is 42.6 Å². The third-order valence-electron chi connectivity index (χ3n) is 4.37. The van der Waals surface area contributed by atoms with Crippen LogP contribution < -0.4 is 10.1 Å². The minimum Gasteiger partial charge on any atom is -0.496 e. The van der Waals surface area contributed by atoms with Gasteiger partial charge in [0.25, 0.3) is 0 Å². The van der Waals surface area contributed by atoms with Crippen molar-refractivity contribution in [2.24, 2.45) is 0 Å². The third-order valence-corrected chi connectivity index (χ3v) is 4.37. The molecular formula is C21H27NO2. The van der Waals surface area contributed by atoms with Crippen LogP contribution in [0.2, 0.25) is 0 Å². The van der Waals surface area contributed by atoms with Gasteiger partial charge in [0.05, 0.1) is 13.2 Å². The van der Waals surface area contributed by atoms with E-state index < -0.39 is 0 Å². The normalized spacial score (nSPS) is 11.8. The highest BCUT2D eigenvalue weighted by atomic mass is 16.5. The standard InChI is InChI=1S/C21H27NO2/c1-5-17-6-10-19(11-7-17)16(3)22-21(23)13-9-18-8-12-20(24-4)15(2)14-18/h6-8,10-12,14,16H,5,9,13H2,1-4H3,(H,22,23). The van der Waals surface area contributed by atoms with Crippen LogP contribution in [0.4, 0.5) is 0 Å². The van der Waals surface area contributed by atoms with Gasteiger partial charge in [0, 0.05) is 6.42 Å². The van der Waals surface area contributed by atoms with Gasteiger partial charge in [-0.05, 0) is 55.0 Å². The maximum atomic E-state index is 12.2. The van der Waals surface area contributed by atoms with Crippen molar-refractivity contribution in [3.8, 4) is 5.75 Å². The highest BCUT2D eigenvalue weighted by Crippen LogP contribution is 2.19. The molecule has 0 aromatic heterocycles. The summed E-state index contributed by atoms with van der Waals surface area (Å²) in [6.45, 7) is 6.18. The number of amides is 1. The van der Waals surface area contributed by atoms with Crippen LogP contribution in [0, 0.1) is 6.92 Å². The predicted molar refractivity (Wildman–Crippen MR) is 98.4 cm³/mol. The topological polar surface area (TPSA) is 38.3 Å². The number of carbonyl (C=O) groups is 1. The summed E-state index contributed by atoms with van der Waals surface area (Å²) in [5, 5.41) is 3.08. The van der Waals surface area contributed by atoms with E-state index in [1.54, 1.807) is 7.11 Å². The van der Waals surface area contributed by atoms with Gasteiger partial charge in [0.15, 0.2) is 0 Å². The number of carbonyl (C=O) groups excluding carboxylic acids is 1. The van der Waals surface area contributed by atoms with E-state index in [-0.39, 0.29) is 11.9 Å². The molecule has 0 heterocycles. The van der Waals surface area contributed by atoms with Gasteiger partial charge in [-0.1, -0.05) is 43.3 Å². The van der Waals surface area contributed by atoms with Gasteiger partial charge in [-0.3, -0.25) is 4.79 Å². The van der Waals surface area contributed by atoms with Crippen LogP contribution in [0.5, 0.6) is 5.75 Å². The number of rotatable bonds is 7. The number of nitrogens with one attached hydrogen (secondary N) is 1. The van der Waals surface area contributed by atoms with E-state index in [1.807, 2.05) is 26.0 Å². The molecule has 2 aromatic carbocycles. The number of hydrogen-bond acceptors (Lipinski definition) is 2. The fraction of sp³-hybridized carbons (Fsp3) is 0.381. The lowest BCUT2D eigenvalue weighted by atomic mass is 10.0. The minimum atomic E-state index is 0.0287. The maximum absolute atomic E-state index is 12.2. The summed E-state index contributed by atoms with van der Waals surface area (Å²) in [6, 6.07) is 14.5. The van der Waals surface area contributed by atoms with Crippen LogP contribution in [0.3, 0.4) is 0 Å². The fourth-order valence-corrected chi connectivity index (χ4v) is 2.79. The molecule has 1 unspecified atom stereocenters. The quantitative estimate of drug-likeness (QED) is 0.820. The first-order chi connectivity index (χ1) is 11.5. The molecule has 0 spiro atoms. The zero-order valence-electron chi connectivity index (χ0n) is 15.1. The first kappa shape index (κ1) is 18.1. The van der Waals surface area contributed by atoms with Crippen molar-refractivity contribution in [1.82, 2.24) is 5.32 Å². The van der Waals surface area contributed by atoms with Crippen LogP contribution in [0.25, 0.3) is 0 Å². The Bertz CT molecular complexity index is 677. The van der Waals surface area contributed by atoms with Crippen LogP contribution >= 0.6 is 0 Å². The Morgan fingerprint density at radius 1 is 1.12 bits per heavy atom. The molecule has 1 amide bonds. The molecule has 0 saturated heterocycles. The fourth-order valence-electron chi connectivity index (χ4n) is 2.79. The second-order valence-electron chi connectivity index (χ2n) is 6.19. The van der Waals surface area contributed by atoms with Gasteiger partial charge in [0.1, 0.15) is 5.75 Å². The zero-order valence-corrected chi connectivity index (χ0v) is 15.1. The molecule has 3 nitrogen and oxygen atoms in total. The SMILES string of the molecule is CCc1ccc(C(C)NC(=O)CCc2ccc(OC)c(C)c2)cc1. The Morgan fingerprint density at radius 3 is 2.38 bits per heavy atom. The lowest BCUT2D eigenvalue weighted by molar-refractivity contribution is -0.121. The van der Waals surface area contributed by atoms with E-state index in [0.717, 1.165) is 35.3 Å². The summed E-state index contributed by atoms with van der Waals surface area (Å²) >= 11 is 0. The summed E-state index contributed by atoms with van der Waals surface area (Å²) in [6.07, 6.45) is 2.25. The van der Waals surface area contributed by atoms with Crippen LogP contribution in [-0.4, -0.2) is 13.0 Å². The van der Waals surface area contributed by atoms with Gasteiger partial charge in [-0.15, -0.1) is 0 Å². The summed E-state index contributed by atoms with van der Waals surface area (Å²) in [4.78, 5) is 12.2. The molecule has 128 valence electrons. The smallest absolute Gasteiger partial charge is 0.220 e. The third kappa shape index (κ3) is 4.85. The number of hydrogen-bond donors (Lipinski definition) is 1. The highest BCUT2D eigenvalue weighted by Gasteiger charge is 2.10. The Balaban J connectivity index is 1.87. The monoisotopic (exact) mass is 325 g/mol. The molecule has 3 heteroatoms. The molecule has 2 rings (SSSR count). The lowest BCUT2D eigenvalue weighted by Crippen LogP contribution is -2.26. The van der Waals surface area contributed by atoms with Crippen LogP contribution in [0.15, 0.2) is 42.5 Å². The summed E-state index contributed by atoms with van der Waals surface area (Å²) < 4.78 is 5.26. The van der Waals surface area contributed by atoms with Gasteiger partial charge < -0.3 is 10.1 Å². The molecule has 0 aliphatic carbocycles. The van der Waals surface area contributed by atoms with Crippen molar-refractivity contribution in [1.29, 1.82) is 0 Å². The van der Waals surface area contributed by atoms with E-state index in [1.165, 1.54) is 5.56 Å². The number of aryl methyl sites for hydroxylation is 3. The van der Waals surface area contributed by atoms with Crippen molar-refractivity contribution in [3.05, 3.63) is 64.7 Å². The van der Waals surface area contributed by atoms with Crippen LogP contribution in [-0.2, 0) is 17.6 Å². The largest absolute Gasteiger partial charge is 0.496 e. The summed E-state index contributed by atoms with van der Waals surface area (Å²) in [7, 11) is 1.67. The minimum absolute atomic E-state index is 0.0287. The van der Waals surface area contributed by atoms with E-state index in [9.17, 15) is 4.79 Å². The molecule has 1 N–H and O–H groups in total. The Kier molecular flexibility index (Phi) is 6.42. The number of methoxy groups -OCH3 is 1. The number of ether oxygens (including phenoxy) is 1. The van der Waals surface area contributed by atoms with Crippen molar-refractivity contribution in [2.45, 2.75) is 46.1 Å². The van der Waals surface area contributed by atoms with E-state index in [0.29, 0.717) is 6.42 Å². The van der Waals surface area contributed by atoms with Crippen molar-refractivity contribution < 1.29 is 9.53 Å². The van der Waals surface area contributed by atoms with Gasteiger partial charge in [0.2, 0.25) is 5.91 Å². The maximum Gasteiger partial charge on any atom is 0.220 e. The highest BCUT2D eigenvalue weighted by molar-refractivity contribution is 5.76. The predicted octanol–water partition coefficient (Wildman–Crippen LogP) is 4.38. The average molecular weight is 325 g/mol. The molecule has 0 aliphatic rings. The first-order valence-electron chi connectivity index (χ1n) is 8.55. The molecule has 0 radical (unpaired) electrons. The Hall–Kier alpha value is -2.29. The van der Waals surface area contributed by atoms with Crippen molar-refractivity contribution in [2.75, 3.05) is 7.11 Å². The number of benzene rings is 2. The molecule has 2 aromatic rings. The first-order valence-corrected chi connectivity index (χ1v) is 8.55. The van der Waals surface area contributed by atoms with Crippen molar-refractivity contribution in [3.63, 3.8) is 0 Å². The van der Waals surface area contributed by atoms with Gasteiger partial charge >= 0.3 is 0 Å². The molecule has 1 atom stereocenters. The Morgan fingerprint density at radius 2 is 1.79 bits per heavy atom. The summed E-state index contributed by atoms with van der Waals surface area (Å²) in [5.41, 5.74) is 4.70. The second-order valence-corrected chi connectivity index (χ2v) is 6.19. The molecule has 0 fully saturated rings. The van der Waals surface area contributed by atoms with E-state index >= 15 is 0 Å². The zero-order chi connectivity index (χ0) is 17.5. The van der Waals surface area contributed by atoms with E-state index in [4.69, 9.17) is 4.74 Å².